The number of carbonyl (C=O) groups excluding carboxylic acids is 1. The molecule has 4 aromatic rings. The molecule has 0 saturated carbocycles. The number of benzene rings is 1. The molecule has 1 aliphatic rings. The summed E-state index contributed by atoms with van der Waals surface area (Å²) in [5.74, 6) is 1.67. The molecule has 1 saturated heterocycles. The van der Waals surface area contributed by atoms with E-state index in [1.165, 1.54) is 0 Å². The standard InChI is InChI=1S/C22H20N6O2/c29-19(15-27-14-12-24-21(27)16-7-2-1-3-8-16)28-13-6-10-18(28)22-25-20(26-30-22)17-9-4-5-11-23-17/h1-5,7-9,11-12,14,18H,6,10,13,15H2/t18-/m0/s1. The minimum absolute atomic E-state index is 0.00488. The largest absolute Gasteiger partial charge is 0.337 e. The summed E-state index contributed by atoms with van der Waals surface area (Å²) in [7, 11) is 0. The Balaban J connectivity index is 1.35. The quantitative estimate of drug-likeness (QED) is 0.510. The third-order valence-corrected chi connectivity index (χ3v) is 5.25. The van der Waals surface area contributed by atoms with Gasteiger partial charge in [0.1, 0.15) is 24.1 Å². The fourth-order valence-electron chi connectivity index (χ4n) is 3.81. The average Bonchev–Trinajstić information content (AvgIpc) is 3.55. The highest BCUT2D eigenvalue weighted by atomic mass is 16.5. The molecule has 3 aromatic heterocycles. The van der Waals surface area contributed by atoms with E-state index in [9.17, 15) is 4.79 Å². The van der Waals surface area contributed by atoms with Crippen LogP contribution in [0.1, 0.15) is 24.8 Å². The molecule has 0 N–H and O–H groups in total. The lowest BCUT2D eigenvalue weighted by atomic mass is 10.2. The van der Waals surface area contributed by atoms with Crippen molar-refractivity contribution in [2.75, 3.05) is 6.54 Å². The van der Waals surface area contributed by atoms with Gasteiger partial charge in [-0.15, -0.1) is 0 Å². The summed E-state index contributed by atoms with van der Waals surface area (Å²) in [5.41, 5.74) is 1.62. The third kappa shape index (κ3) is 3.47. The maximum absolute atomic E-state index is 13.1. The Hall–Kier alpha value is -3.81. The summed E-state index contributed by atoms with van der Waals surface area (Å²) in [5, 5.41) is 4.05. The molecule has 1 fully saturated rings. The van der Waals surface area contributed by atoms with E-state index >= 15 is 0 Å². The summed E-state index contributed by atoms with van der Waals surface area (Å²) in [4.78, 5) is 28.1. The van der Waals surface area contributed by atoms with Crippen molar-refractivity contribution in [2.45, 2.75) is 25.4 Å². The Labute approximate surface area is 173 Å². The van der Waals surface area contributed by atoms with Crippen LogP contribution in [0.4, 0.5) is 0 Å². The van der Waals surface area contributed by atoms with E-state index < -0.39 is 0 Å². The van der Waals surface area contributed by atoms with E-state index in [2.05, 4.69) is 20.1 Å². The second-order valence-corrected chi connectivity index (χ2v) is 7.16. The van der Waals surface area contributed by atoms with Gasteiger partial charge in [0.05, 0.1) is 0 Å². The van der Waals surface area contributed by atoms with E-state index in [1.807, 2.05) is 64.2 Å². The van der Waals surface area contributed by atoms with Gasteiger partial charge in [0.2, 0.25) is 17.6 Å². The molecule has 4 heterocycles. The number of rotatable bonds is 5. The van der Waals surface area contributed by atoms with E-state index in [4.69, 9.17) is 4.52 Å². The number of amides is 1. The van der Waals surface area contributed by atoms with E-state index in [-0.39, 0.29) is 18.5 Å². The van der Waals surface area contributed by atoms with Crippen LogP contribution in [0.5, 0.6) is 0 Å². The topological polar surface area (TPSA) is 89.9 Å². The van der Waals surface area contributed by atoms with Crippen LogP contribution in [0.15, 0.2) is 71.6 Å². The summed E-state index contributed by atoms with van der Waals surface area (Å²) in [6, 6.07) is 15.2. The van der Waals surface area contributed by atoms with Crippen molar-refractivity contribution in [1.29, 1.82) is 0 Å². The summed E-state index contributed by atoms with van der Waals surface area (Å²) in [6.07, 6.45) is 6.93. The van der Waals surface area contributed by atoms with Gasteiger partial charge in [0.25, 0.3) is 0 Å². The van der Waals surface area contributed by atoms with Crippen LogP contribution in [0.3, 0.4) is 0 Å². The molecule has 8 nitrogen and oxygen atoms in total. The molecular weight excluding hydrogens is 380 g/mol. The first kappa shape index (κ1) is 18.2. The van der Waals surface area contributed by atoms with Gasteiger partial charge in [-0.3, -0.25) is 9.78 Å². The zero-order valence-corrected chi connectivity index (χ0v) is 16.3. The molecule has 30 heavy (non-hydrogen) atoms. The van der Waals surface area contributed by atoms with Crippen molar-refractivity contribution in [1.82, 2.24) is 29.6 Å². The Morgan fingerprint density at radius 2 is 1.93 bits per heavy atom. The zero-order chi connectivity index (χ0) is 20.3. The van der Waals surface area contributed by atoms with Crippen molar-refractivity contribution < 1.29 is 9.32 Å². The van der Waals surface area contributed by atoms with Gasteiger partial charge in [-0.1, -0.05) is 41.6 Å². The van der Waals surface area contributed by atoms with Crippen molar-refractivity contribution in [3.05, 3.63) is 73.0 Å². The third-order valence-electron chi connectivity index (χ3n) is 5.25. The second kappa shape index (κ2) is 7.90. The van der Waals surface area contributed by atoms with Crippen molar-refractivity contribution >= 4 is 5.91 Å². The highest BCUT2D eigenvalue weighted by Gasteiger charge is 2.34. The van der Waals surface area contributed by atoms with Crippen molar-refractivity contribution in [3.8, 4) is 22.9 Å². The van der Waals surface area contributed by atoms with Crippen LogP contribution < -0.4 is 0 Å². The Kier molecular flexibility index (Phi) is 4.80. The number of pyridine rings is 1. The normalized spacial score (nSPS) is 16.1. The fraction of sp³-hybridized carbons (Fsp3) is 0.227. The first-order chi connectivity index (χ1) is 14.8. The van der Waals surface area contributed by atoms with Gasteiger partial charge in [0.15, 0.2) is 0 Å². The minimum atomic E-state index is -0.217. The van der Waals surface area contributed by atoms with Gasteiger partial charge >= 0.3 is 0 Å². The SMILES string of the molecule is O=C(Cn1ccnc1-c1ccccc1)N1CCC[C@H]1c1nc(-c2ccccn2)no1. The molecule has 5 rings (SSSR count). The number of carbonyl (C=O) groups is 1. The highest BCUT2D eigenvalue weighted by Crippen LogP contribution is 2.32. The average molecular weight is 400 g/mol. The predicted octanol–water partition coefficient (Wildman–Crippen LogP) is 3.36. The molecule has 0 unspecified atom stereocenters. The van der Waals surface area contributed by atoms with Gasteiger partial charge in [-0.2, -0.15) is 4.98 Å². The molecule has 1 amide bonds. The van der Waals surface area contributed by atoms with Crippen LogP contribution >= 0.6 is 0 Å². The minimum Gasteiger partial charge on any atom is -0.337 e. The van der Waals surface area contributed by atoms with Crippen LogP contribution in [-0.4, -0.2) is 42.0 Å². The lowest BCUT2D eigenvalue weighted by molar-refractivity contribution is -0.133. The Morgan fingerprint density at radius 1 is 1.07 bits per heavy atom. The molecule has 0 aliphatic carbocycles. The first-order valence-corrected chi connectivity index (χ1v) is 9.90. The Morgan fingerprint density at radius 3 is 2.77 bits per heavy atom. The summed E-state index contributed by atoms with van der Waals surface area (Å²) < 4.78 is 7.37. The van der Waals surface area contributed by atoms with Crippen LogP contribution in [0.2, 0.25) is 0 Å². The van der Waals surface area contributed by atoms with Crippen LogP contribution in [-0.2, 0) is 11.3 Å². The molecule has 1 atom stereocenters. The molecule has 0 radical (unpaired) electrons. The molecule has 0 bridgehead atoms. The first-order valence-electron chi connectivity index (χ1n) is 9.90. The van der Waals surface area contributed by atoms with Gasteiger partial charge in [0, 0.05) is 30.7 Å². The molecule has 150 valence electrons. The van der Waals surface area contributed by atoms with Crippen LogP contribution in [0.25, 0.3) is 22.9 Å². The number of imidazole rings is 1. The fourth-order valence-corrected chi connectivity index (χ4v) is 3.81. The number of hydrogen-bond acceptors (Lipinski definition) is 6. The molecule has 1 aliphatic heterocycles. The van der Waals surface area contributed by atoms with Gasteiger partial charge in [-0.05, 0) is 25.0 Å². The molecule has 8 heteroatoms. The lowest BCUT2D eigenvalue weighted by Crippen LogP contribution is -2.33. The molecule has 0 spiro atoms. The monoisotopic (exact) mass is 400 g/mol. The van der Waals surface area contributed by atoms with Gasteiger partial charge < -0.3 is 14.0 Å². The van der Waals surface area contributed by atoms with E-state index in [1.54, 1.807) is 12.4 Å². The number of likely N-dealkylation sites (tertiary alicyclic amines) is 1. The van der Waals surface area contributed by atoms with E-state index in [0.717, 1.165) is 24.2 Å². The van der Waals surface area contributed by atoms with Crippen molar-refractivity contribution in [3.63, 3.8) is 0 Å². The smallest absolute Gasteiger partial charge is 0.249 e. The number of hydrogen-bond donors (Lipinski definition) is 0. The molecular formula is C22H20N6O2. The maximum atomic E-state index is 13.1. The van der Waals surface area contributed by atoms with Crippen molar-refractivity contribution in [2.24, 2.45) is 0 Å². The van der Waals surface area contributed by atoms with E-state index in [0.29, 0.717) is 24.0 Å². The number of nitrogens with zero attached hydrogens (tertiary/aromatic N) is 6. The van der Waals surface area contributed by atoms with Gasteiger partial charge in [-0.25, -0.2) is 4.98 Å². The number of aromatic nitrogens is 5. The summed E-state index contributed by atoms with van der Waals surface area (Å²) in [6.45, 7) is 0.877. The predicted molar refractivity (Wildman–Crippen MR) is 109 cm³/mol. The molecule has 1 aromatic carbocycles. The lowest BCUT2D eigenvalue weighted by Gasteiger charge is -2.22. The maximum Gasteiger partial charge on any atom is 0.249 e. The summed E-state index contributed by atoms with van der Waals surface area (Å²) >= 11 is 0. The highest BCUT2D eigenvalue weighted by molar-refractivity contribution is 5.77. The van der Waals surface area contributed by atoms with Crippen LogP contribution in [0, 0.1) is 0 Å². The zero-order valence-electron chi connectivity index (χ0n) is 16.3. The Bertz CT molecular complexity index is 1140. The second-order valence-electron chi connectivity index (χ2n) is 7.16.